The molecule has 0 aromatic heterocycles. The topological polar surface area (TPSA) is 78.9 Å². The summed E-state index contributed by atoms with van der Waals surface area (Å²) in [4.78, 5) is 24.1. The zero-order valence-corrected chi connectivity index (χ0v) is 13.4. The van der Waals surface area contributed by atoms with E-state index in [0.29, 0.717) is 18.8 Å². The number of carboxylic acid groups (broad SMARTS) is 1. The van der Waals surface area contributed by atoms with E-state index in [1.807, 2.05) is 25.1 Å². The van der Waals surface area contributed by atoms with Gasteiger partial charge in [0.15, 0.2) is 0 Å². The molecule has 2 rings (SSSR count). The maximum atomic E-state index is 12.1. The van der Waals surface area contributed by atoms with Gasteiger partial charge in [0.2, 0.25) is 0 Å². The predicted molar refractivity (Wildman–Crippen MR) is 81.5 cm³/mol. The number of carbonyl (C=O) groups is 2. The number of carboxylic acids is 1. The Bertz CT molecular complexity index is 570. The molecule has 0 atom stereocenters. The molecular formula is C14H17BrN2O4. The third-order valence-corrected chi connectivity index (χ3v) is 3.90. The van der Waals surface area contributed by atoms with Crippen molar-refractivity contribution >= 4 is 33.6 Å². The van der Waals surface area contributed by atoms with E-state index < -0.39 is 11.6 Å². The molecular weight excluding hydrogens is 340 g/mol. The molecule has 1 aliphatic heterocycles. The molecule has 1 aliphatic rings. The van der Waals surface area contributed by atoms with Gasteiger partial charge in [0, 0.05) is 4.47 Å². The summed E-state index contributed by atoms with van der Waals surface area (Å²) in [5, 5.41) is 11.4. The van der Waals surface area contributed by atoms with Gasteiger partial charge in [-0.25, -0.2) is 9.59 Å². The monoisotopic (exact) mass is 356 g/mol. The van der Waals surface area contributed by atoms with Crippen molar-refractivity contribution in [3.8, 4) is 0 Å². The highest BCUT2D eigenvalue weighted by Crippen LogP contribution is 2.27. The maximum absolute atomic E-state index is 12.1. The number of aliphatic carboxylic acids is 1. The summed E-state index contributed by atoms with van der Waals surface area (Å²) in [5.41, 5.74) is 1.21. The number of halogens is 1. The van der Waals surface area contributed by atoms with Gasteiger partial charge in [0.25, 0.3) is 0 Å². The summed E-state index contributed by atoms with van der Waals surface area (Å²) in [6.45, 7) is 4.15. The lowest BCUT2D eigenvalue weighted by Gasteiger charge is -2.46. The lowest BCUT2D eigenvalue weighted by atomic mass is 9.97. The second-order valence-electron chi connectivity index (χ2n) is 5.40. The number of nitrogens with zero attached hydrogens (tertiary/aromatic N) is 1. The van der Waals surface area contributed by atoms with Crippen molar-refractivity contribution in [1.82, 2.24) is 4.90 Å². The molecule has 2 amide bonds. The van der Waals surface area contributed by atoms with Crippen LogP contribution in [0.15, 0.2) is 22.7 Å². The van der Waals surface area contributed by atoms with Crippen LogP contribution in [0.1, 0.15) is 12.5 Å². The number of hydrogen-bond acceptors (Lipinski definition) is 3. The SMILES string of the molecule is Cc1ccc(NC(=O)N2CC(C)(OCC(=O)O)C2)c(Br)c1. The summed E-state index contributed by atoms with van der Waals surface area (Å²) in [7, 11) is 0. The molecule has 2 N–H and O–H groups in total. The first kappa shape index (κ1) is 15.8. The van der Waals surface area contributed by atoms with Gasteiger partial charge in [-0.2, -0.15) is 0 Å². The maximum Gasteiger partial charge on any atom is 0.329 e. The Morgan fingerprint density at radius 3 is 2.71 bits per heavy atom. The van der Waals surface area contributed by atoms with Crippen LogP contribution >= 0.6 is 15.9 Å². The molecule has 0 unspecified atom stereocenters. The van der Waals surface area contributed by atoms with Gasteiger partial charge < -0.3 is 20.1 Å². The van der Waals surface area contributed by atoms with E-state index in [-0.39, 0.29) is 12.6 Å². The fourth-order valence-electron chi connectivity index (χ4n) is 2.15. The first-order valence-corrected chi connectivity index (χ1v) is 7.26. The summed E-state index contributed by atoms with van der Waals surface area (Å²) in [6, 6.07) is 5.44. The van der Waals surface area contributed by atoms with Gasteiger partial charge >= 0.3 is 12.0 Å². The van der Waals surface area contributed by atoms with E-state index in [1.54, 1.807) is 11.8 Å². The quantitative estimate of drug-likeness (QED) is 0.868. The highest BCUT2D eigenvalue weighted by Gasteiger charge is 2.42. The van der Waals surface area contributed by atoms with E-state index in [4.69, 9.17) is 9.84 Å². The molecule has 1 heterocycles. The first-order valence-electron chi connectivity index (χ1n) is 6.47. The number of urea groups is 1. The van der Waals surface area contributed by atoms with Gasteiger partial charge in [-0.05, 0) is 47.5 Å². The van der Waals surface area contributed by atoms with Crippen LogP contribution in [-0.4, -0.2) is 47.3 Å². The zero-order chi connectivity index (χ0) is 15.6. The molecule has 0 saturated carbocycles. The molecule has 7 heteroatoms. The zero-order valence-electron chi connectivity index (χ0n) is 11.9. The van der Waals surface area contributed by atoms with Crippen molar-refractivity contribution in [2.24, 2.45) is 0 Å². The average Bonchev–Trinajstić information content (AvgIpc) is 2.36. The number of amides is 2. The minimum Gasteiger partial charge on any atom is -0.480 e. The third-order valence-electron chi connectivity index (χ3n) is 3.25. The summed E-state index contributed by atoms with van der Waals surface area (Å²) in [6.07, 6.45) is 0. The van der Waals surface area contributed by atoms with Crippen molar-refractivity contribution in [3.05, 3.63) is 28.2 Å². The number of rotatable bonds is 4. The Labute approximate surface area is 131 Å². The number of ether oxygens (including phenoxy) is 1. The lowest BCUT2D eigenvalue weighted by molar-refractivity contribution is -0.159. The molecule has 1 aromatic carbocycles. The van der Waals surface area contributed by atoms with Crippen LogP contribution in [0, 0.1) is 6.92 Å². The number of carbonyl (C=O) groups excluding carboxylic acids is 1. The molecule has 6 nitrogen and oxygen atoms in total. The van der Waals surface area contributed by atoms with E-state index >= 15 is 0 Å². The highest BCUT2D eigenvalue weighted by molar-refractivity contribution is 9.10. The Morgan fingerprint density at radius 1 is 1.48 bits per heavy atom. The number of likely N-dealkylation sites (tertiary alicyclic amines) is 1. The van der Waals surface area contributed by atoms with Crippen LogP contribution < -0.4 is 5.32 Å². The number of hydrogen-bond donors (Lipinski definition) is 2. The lowest BCUT2D eigenvalue weighted by Crippen LogP contribution is -2.64. The van der Waals surface area contributed by atoms with Gasteiger partial charge in [-0.15, -0.1) is 0 Å². The Kier molecular flexibility index (Phi) is 4.53. The number of aryl methyl sites for hydroxylation is 1. The van der Waals surface area contributed by atoms with Gasteiger partial charge in [0.1, 0.15) is 12.2 Å². The van der Waals surface area contributed by atoms with Crippen LogP contribution in [-0.2, 0) is 9.53 Å². The van der Waals surface area contributed by atoms with Crippen molar-refractivity contribution in [1.29, 1.82) is 0 Å². The van der Waals surface area contributed by atoms with Crippen LogP contribution in [0.2, 0.25) is 0 Å². The Morgan fingerprint density at radius 2 is 2.14 bits per heavy atom. The molecule has 0 radical (unpaired) electrons. The summed E-state index contributed by atoms with van der Waals surface area (Å²) >= 11 is 3.40. The molecule has 1 aromatic rings. The summed E-state index contributed by atoms with van der Waals surface area (Å²) in [5.74, 6) is -1.01. The van der Waals surface area contributed by atoms with Crippen molar-refractivity contribution in [2.75, 3.05) is 25.0 Å². The van der Waals surface area contributed by atoms with Crippen LogP contribution in [0.3, 0.4) is 0 Å². The second-order valence-corrected chi connectivity index (χ2v) is 6.26. The van der Waals surface area contributed by atoms with E-state index in [1.165, 1.54) is 0 Å². The summed E-state index contributed by atoms with van der Waals surface area (Å²) < 4.78 is 6.09. The Balaban J connectivity index is 1.87. The minimum absolute atomic E-state index is 0.226. The van der Waals surface area contributed by atoms with E-state index in [2.05, 4.69) is 21.2 Å². The van der Waals surface area contributed by atoms with Gasteiger partial charge in [-0.3, -0.25) is 0 Å². The number of nitrogens with one attached hydrogen (secondary N) is 1. The van der Waals surface area contributed by atoms with Crippen molar-refractivity contribution in [2.45, 2.75) is 19.4 Å². The van der Waals surface area contributed by atoms with Crippen molar-refractivity contribution < 1.29 is 19.4 Å². The van der Waals surface area contributed by atoms with Gasteiger partial charge in [-0.1, -0.05) is 6.07 Å². The highest BCUT2D eigenvalue weighted by atomic mass is 79.9. The van der Waals surface area contributed by atoms with Crippen LogP contribution in [0.4, 0.5) is 10.5 Å². The standard InChI is InChI=1S/C14H17BrN2O4/c1-9-3-4-11(10(15)5-9)16-13(20)17-7-14(2,8-17)21-6-12(18)19/h3-5H,6-8H2,1-2H3,(H,16,20)(H,18,19). The molecule has 1 fully saturated rings. The van der Waals surface area contributed by atoms with Gasteiger partial charge in [0.05, 0.1) is 18.8 Å². The number of anilines is 1. The molecule has 0 aliphatic carbocycles. The molecule has 0 bridgehead atoms. The van der Waals surface area contributed by atoms with Crippen LogP contribution in [0.5, 0.6) is 0 Å². The Hall–Kier alpha value is -1.60. The number of benzene rings is 1. The molecule has 114 valence electrons. The molecule has 21 heavy (non-hydrogen) atoms. The van der Waals surface area contributed by atoms with Crippen molar-refractivity contribution in [3.63, 3.8) is 0 Å². The average molecular weight is 357 g/mol. The minimum atomic E-state index is -1.01. The fraction of sp³-hybridized carbons (Fsp3) is 0.429. The molecule has 1 saturated heterocycles. The fourth-order valence-corrected chi connectivity index (χ4v) is 2.74. The normalized spacial score (nSPS) is 16.2. The van der Waals surface area contributed by atoms with Crippen LogP contribution in [0.25, 0.3) is 0 Å². The first-order chi connectivity index (χ1) is 9.79. The third kappa shape index (κ3) is 3.95. The molecule has 0 spiro atoms. The van der Waals surface area contributed by atoms with E-state index in [0.717, 1.165) is 10.0 Å². The smallest absolute Gasteiger partial charge is 0.329 e. The largest absolute Gasteiger partial charge is 0.480 e. The van der Waals surface area contributed by atoms with E-state index in [9.17, 15) is 9.59 Å². The predicted octanol–water partition coefficient (Wildman–Crippen LogP) is 2.46. The second kappa shape index (κ2) is 6.03.